The minimum absolute atomic E-state index is 0. The maximum atomic E-state index is 12.7. The molecule has 1 N–H and O–H groups in total. The third kappa shape index (κ3) is 3.31. The first kappa shape index (κ1) is 16.9. The van der Waals surface area contributed by atoms with Gasteiger partial charge in [0.25, 0.3) is 5.56 Å². The van der Waals surface area contributed by atoms with Crippen LogP contribution in [0.25, 0.3) is 11.3 Å². The highest BCUT2D eigenvalue weighted by Gasteiger charge is 2.18. The summed E-state index contributed by atoms with van der Waals surface area (Å²) in [6, 6.07) is 8.30. The van der Waals surface area contributed by atoms with Crippen molar-refractivity contribution in [2.75, 3.05) is 13.1 Å². The van der Waals surface area contributed by atoms with Gasteiger partial charge in [0.05, 0.1) is 12.0 Å². The molecule has 0 fully saturated rings. The molecule has 5 heteroatoms. The topological polar surface area (TPSA) is 46.9 Å². The van der Waals surface area contributed by atoms with Crippen LogP contribution in [0.15, 0.2) is 35.4 Å². The van der Waals surface area contributed by atoms with Crippen LogP contribution in [0.2, 0.25) is 0 Å². The normalized spacial score (nSPS) is 12.8. The van der Waals surface area contributed by atoms with Gasteiger partial charge < -0.3 is 5.32 Å². The van der Waals surface area contributed by atoms with Crippen molar-refractivity contribution < 1.29 is 0 Å². The summed E-state index contributed by atoms with van der Waals surface area (Å²) in [5, 5.41) is 3.24. The Hall–Kier alpha value is -1.46. The van der Waals surface area contributed by atoms with E-state index < -0.39 is 0 Å². The fraction of sp³-hybridized carbons (Fsp3) is 0.412. The van der Waals surface area contributed by atoms with E-state index in [1.807, 2.05) is 6.07 Å². The van der Waals surface area contributed by atoms with Crippen molar-refractivity contribution in [1.29, 1.82) is 0 Å². The van der Waals surface area contributed by atoms with Crippen molar-refractivity contribution in [1.82, 2.24) is 14.9 Å². The van der Waals surface area contributed by atoms with Crippen LogP contribution in [0.4, 0.5) is 0 Å². The first-order valence-electron chi connectivity index (χ1n) is 7.68. The van der Waals surface area contributed by atoms with Gasteiger partial charge in [-0.3, -0.25) is 9.36 Å². The molecular formula is C17H22BrN3O. The van der Waals surface area contributed by atoms with E-state index in [-0.39, 0.29) is 22.5 Å². The number of aryl methyl sites for hydroxylation is 1. The fourth-order valence-corrected chi connectivity index (χ4v) is 2.95. The van der Waals surface area contributed by atoms with Gasteiger partial charge in [0.15, 0.2) is 0 Å². The van der Waals surface area contributed by atoms with Gasteiger partial charge in [-0.15, -0.1) is 17.0 Å². The Bertz CT molecular complexity index is 697. The Morgan fingerprint density at radius 2 is 2.09 bits per heavy atom. The SMILES string of the molecule is Br.CCNCCn1cnc2c(c1=O)CCCc1ccccc1-2. The summed E-state index contributed by atoms with van der Waals surface area (Å²) in [6.07, 6.45) is 4.54. The van der Waals surface area contributed by atoms with Crippen LogP contribution in [0.5, 0.6) is 0 Å². The molecule has 1 aromatic carbocycles. The Morgan fingerprint density at radius 3 is 2.91 bits per heavy atom. The lowest BCUT2D eigenvalue weighted by atomic mass is 10.0. The highest BCUT2D eigenvalue weighted by Crippen LogP contribution is 2.28. The van der Waals surface area contributed by atoms with Crippen molar-refractivity contribution in [3.05, 3.63) is 52.1 Å². The molecule has 1 aliphatic rings. The summed E-state index contributed by atoms with van der Waals surface area (Å²) < 4.78 is 1.73. The second-order valence-electron chi connectivity index (χ2n) is 5.43. The van der Waals surface area contributed by atoms with E-state index in [4.69, 9.17) is 0 Å². The molecule has 0 amide bonds. The second kappa shape index (κ2) is 7.70. The van der Waals surface area contributed by atoms with Gasteiger partial charge in [-0.1, -0.05) is 31.2 Å². The molecule has 2 aromatic rings. The molecule has 0 spiro atoms. The number of likely N-dealkylation sites (N-methyl/N-ethyl adjacent to an activating group) is 1. The monoisotopic (exact) mass is 363 g/mol. The zero-order chi connectivity index (χ0) is 14.7. The average molecular weight is 364 g/mol. The van der Waals surface area contributed by atoms with Crippen molar-refractivity contribution in [3.8, 4) is 11.3 Å². The average Bonchev–Trinajstić information content (AvgIpc) is 2.70. The second-order valence-corrected chi connectivity index (χ2v) is 5.43. The number of nitrogens with zero attached hydrogens (tertiary/aromatic N) is 2. The van der Waals surface area contributed by atoms with Crippen LogP contribution < -0.4 is 10.9 Å². The van der Waals surface area contributed by atoms with E-state index in [0.717, 1.165) is 49.2 Å². The first-order valence-corrected chi connectivity index (χ1v) is 7.68. The summed E-state index contributed by atoms with van der Waals surface area (Å²) in [5.74, 6) is 0. The zero-order valence-electron chi connectivity index (χ0n) is 12.8. The van der Waals surface area contributed by atoms with Crippen molar-refractivity contribution >= 4 is 17.0 Å². The number of fused-ring (bicyclic) bond motifs is 3. The van der Waals surface area contributed by atoms with E-state index in [0.29, 0.717) is 6.54 Å². The Labute approximate surface area is 141 Å². The standard InChI is InChI=1S/C17H21N3O.BrH/c1-2-18-10-11-20-12-19-16-14-8-4-3-6-13(14)7-5-9-15(16)17(20)21;/h3-4,6,8,12,18H,2,5,7,9-11H2,1H3;1H. The van der Waals surface area contributed by atoms with Gasteiger partial charge in [-0.25, -0.2) is 4.98 Å². The molecule has 1 heterocycles. The van der Waals surface area contributed by atoms with Crippen LogP contribution in [-0.2, 0) is 19.4 Å². The van der Waals surface area contributed by atoms with Crippen molar-refractivity contribution in [2.24, 2.45) is 0 Å². The van der Waals surface area contributed by atoms with E-state index >= 15 is 0 Å². The quantitative estimate of drug-likeness (QED) is 0.849. The van der Waals surface area contributed by atoms with Gasteiger partial charge in [-0.05, 0) is 31.4 Å². The third-order valence-electron chi connectivity index (χ3n) is 4.06. The summed E-state index contributed by atoms with van der Waals surface area (Å²) in [4.78, 5) is 17.3. The lowest BCUT2D eigenvalue weighted by molar-refractivity contribution is 0.586. The van der Waals surface area contributed by atoms with Crippen LogP contribution in [-0.4, -0.2) is 22.6 Å². The molecule has 0 saturated heterocycles. The van der Waals surface area contributed by atoms with Crippen molar-refractivity contribution in [2.45, 2.75) is 32.7 Å². The van der Waals surface area contributed by atoms with E-state index in [2.05, 4.69) is 35.4 Å². The summed E-state index contributed by atoms with van der Waals surface area (Å²) in [6.45, 7) is 4.46. The lowest BCUT2D eigenvalue weighted by Gasteiger charge is -2.11. The Balaban J connectivity index is 0.00000176. The molecule has 3 rings (SSSR count). The predicted octanol–water partition coefficient (Wildman–Crippen LogP) is 2.59. The number of hydrogen-bond donors (Lipinski definition) is 1. The Morgan fingerprint density at radius 1 is 1.27 bits per heavy atom. The van der Waals surface area contributed by atoms with Gasteiger partial charge >= 0.3 is 0 Å². The van der Waals surface area contributed by atoms with Crippen molar-refractivity contribution in [3.63, 3.8) is 0 Å². The zero-order valence-corrected chi connectivity index (χ0v) is 14.6. The van der Waals surface area contributed by atoms with E-state index in [1.54, 1.807) is 10.9 Å². The molecule has 0 saturated carbocycles. The van der Waals surface area contributed by atoms with Gasteiger partial charge in [0.1, 0.15) is 0 Å². The minimum atomic E-state index is 0. The fourth-order valence-electron chi connectivity index (χ4n) is 2.95. The molecule has 0 unspecified atom stereocenters. The number of halogens is 1. The number of aromatic nitrogens is 2. The number of benzene rings is 1. The summed E-state index contributed by atoms with van der Waals surface area (Å²) in [5.41, 5.74) is 4.30. The molecule has 0 radical (unpaired) electrons. The third-order valence-corrected chi connectivity index (χ3v) is 4.06. The highest BCUT2D eigenvalue weighted by atomic mass is 79.9. The number of nitrogens with one attached hydrogen (secondary N) is 1. The minimum Gasteiger partial charge on any atom is -0.315 e. The molecular weight excluding hydrogens is 342 g/mol. The molecule has 22 heavy (non-hydrogen) atoms. The Kier molecular flexibility index (Phi) is 5.91. The predicted molar refractivity (Wildman–Crippen MR) is 94.8 cm³/mol. The van der Waals surface area contributed by atoms with Gasteiger partial charge in [0, 0.05) is 24.2 Å². The molecule has 1 aromatic heterocycles. The molecule has 0 atom stereocenters. The lowest BCUT2D eigenvalue weighted by Crippen LogP contribution is -2.29. The molecule has 118 valence electrons. The molecule has 1 aliphatic carbocycles. The maximum absolute atomic E-state index is 12.7. The van der Waals surface area contributed by atoms with E-state index in [9.17, 15) is 4.79 Å². The van der Waals surface area contributed by atoms with E-state index in [1.165, 1.54) is 5.56 Å². The number of hydrogen-bond acceptors (Lipinski definition) is 3. The van der Waals surface area contributed by atoms with Crippen LogP contribution in [0, 0.1) is 0 Å². The van der Waals surface area contributed by atoms with Gasteiger partial charge in [0.2, 0.25) is 0 Å². The molecule has 0 bridgehead atoms. The molecule has 0 aliphatic heterocycles. The maximum Gasteiger partial charge on any atom is 0.257 e. The smallest absolute Gasteiger partial charge is 0.257 e. The van der Waals surface area contributed by atoms with Crippen LogP contribution in [0.1, 0.15) is 24.5 Å². The first-order chi connectivity index (χ1) is 10.3. The number of rotatable bonds is 4. The summed E-state index contributed by atoms with van der Waals surface area (Å²) >= 11 is 0. The van der Waals surface area contributed by atoms with Gasteiger partial charge in [-0.2, -0.15) is 0 Å². The van der Waals surface area contributed by atoms with Crippen LogP contribution >= 0.6 is 17.0 Å². The van der Waals surface area contributed by atoms with Crippen LogP contribution in [0.3, 0.4) is 0 Å². The largest absolute Gasteiger partial charge is 0.315 e. The molecule has 4 nitrogen and oxygen atoms in total. The summed E-state index contributed by atoms with van der Waals surface area (Å²) in [7, 11) is 0. The highest BCUT2D eigenvalue weighted by molar-refractivity contribution is 8.93.